The van der Waals surface area contributed by atoms with Gasteiger partial charge in [0.25, 0.3) is 5.22 Å². The SMILES string of the molecule is Cc1cccc(C)c1NC(=O)CSc1nnc(C(C)N)o1. The fourth-order valence-electron chi connectivity index (χ4n) is 1.78. The largest absolute Gasteiger partial charge is 0.414 e. The van der Waals surface area contributed by atoms with Gasteiger partial charge >= 0.3 is 0 Å². The van der Waals surface area contributed by atoms with Crippen LogP contribution in [0.1, 0.15) is 30.0 Å². The zero-order chi connectivity index (χ0) is 15.4. The van der Waals surface area contributed by atoms with Crippen molar-refractivity contribution < 1.29 is 9.21 Å². The Balaban J connectivity index is 1.93. The highest BCUT2D eigenvalue weighted by molar-refractivity contribution is 7.99. The first-order valence-corrected chi connectivity index (χ1v) is 7.53. The van der Waals surface area contributed by atoms with Crippen molar-refractivity contribution in [3.8, 4) is 0 Å². The molecule has 0 aliphatic heterocycles. The van der Waals surface area contributed by atoms with Gasteiger partial charge in [0.2, 0.25) is 11.8 Å². The molecule has 0 aliphatic carbocycles. The van der Waals surface area contributed by atoms with Crippen LogP contribution in [-0.2, 0) is 4.79 Å². The van der Waals surface area contributed by atoms with Crippen molar-refractivity contribution >= 4 is 23.4 Å². The summed E-state index contributed by atoms with van der Waals surface area (Å²) in [6.45, 7) is 5.68. The summed E-state index contributed by atoms with van der Waals surface area (Å²) in [5.41, 5.74) is 8.55. The van der Waals surface area contributed by atoms with Crippen LogP contribution in [0.4, 0.5) is 5.69 Å². The molecule has 2 aromatic rings. The summed E-state index contributed by atoms with van der Waals surface area (Å²) in [6, 6.07) is 5.57. The van der Waals surface area contributed by atoms with Gasteiger partial charge in [-0.1, -0.05) is 30.0 Å². The van der Waals surface area contributed by atoms with Crippen LogP contribution < -0.4 is 11.1 Å². The molecule has 0 aliphatic rings. The van der Waals surface area contributed by atoms with Crippen molar-refractivity contribution in [3.63, 3.8) is 0 Å². The van der Waals surface area contributed by atoms with E-state index in [1.165, 1.54) is 11.8 Å². The standard InChI is InChI=1S/C14H18N4O2S/c1-8-5-4-6-9(2)12(8)16-11(19)7-21-14-18-17-13(20-14)10(3)15/h4-6,10H,7,15H2,1-3H3,(H,16,19). The number of carbonyl (C=O) groups excluding carboxylic acids is 1. The average Bonchev–Trinajstić information content (AvgIpc) is 2.90. The normalized spacial score (nSPS) is 12.2. The average molecular weight is 306 g/mol. The first kappa shape index (κ1) is 15.5. The third kappa shape index (κ3) is 4.05. The lowest BCUT2D eigenvalue weighted by Crippen LogP contribution is -2.15. The Hall–Kier alpha value is -1.86. The molecule has 0 fully saturated rings. The fraction of sp³-hybridized carbons (Fsp3) is 0.357. The summed E-state index contributed by atoms with van der Waals surface area (Å²) in [5, 5.41) is 10.9. The van der Waals surface area contributed by atoms with Gasteiger partial charge in [0.1, 0.15) is 0 Å². The predicted octanol–water partition coefficient (Wildman–Crippen LogP) is 2.44. The topological polar surface area (TPSA) is 94.0 Å². The predicted molar refractivity (Wildman–Crippen MR) is 82.2 cm³/mol. The molecule has 1 aromatic carbocycles. The van der Waals surface area contributed by atoms with E-state index in [4.69, 9.17) is 10.2 Å². The third-order valence-electron chi connectivity index (χ3n) is 2.88. The first-order valence-electron chi connectivity index (χ1n) is 6.55. The first-order chi connectivity index (χ1) is 9.97. The summed E-state index contributed by atoms with van der Waals surface area (Å²) >= 11 is 1.19. The van der Waals surface area contributed by atoms with Crippen molar-refractivity contribution in [2.45, 2.75) is 32.0 Å². The molecule has 21 heavy (non-hydrogen) atoms. The van der Waals surface area contributed by atoms with Gasteiger partial charge in [0, 0.05) is 5.69 Å². The molecule has 2 rings (SSSR count). The lowest BCUT2D eigenvalue weighted by atomic mass is 10.1. The molecular weight excluding hydrogens is 288 g/mol. The summed E-state index contributed by atoms with van der Waals surface area (Å²) in [6.07, 6.45) is 0. The van der Waals surface area contributed by atoms with E-state index in [1.54, 1.807) is 6.92 Å². The number of thioether (sulfide) groups is 1. The van der Waals surface area contributed by atoms with Gasteiger partial charge < -0.3 is 15.5 Å². The summed E-state index contributed by atoms with van der Waals surface area (Å²) < 4.78 is 5.33. The number of hydrogen-bond donors (Lipinski definition) is 2. The number of aromatic nitrogens is 2. The van der Waals surface area contributed by atoms with Crippen LogP contribution in [-0.4, -0.2) is 21.9 Å². The molecule has 0 bridgehead atoms. The minimum atomic E-state index is -0.310. The molecular formula is C14H18N4O2S. The summed E-state index contributed by atoms with van der Waals surface area (Å²) in [4.78, 5) is 12.0. The van der Waals surface area contributed by atoms with Crippen LogP contribution in [0.3, 0.4) is 0 Å². The monoisotopic (exact) mass is 306 g/mol. The Morgan fingerprint density at radius 1 is 1.38 bits per heavy atom. The Kier molecular flexibility index (Phi) is 4.98. The highest BCUT2D eigenvalue weighted by Gasteiger charge is 2.13. The Morgan fingerprint density at radius 3 is 2.62 bits per heavy atom. The lowest BCUT2D eigenvalue weighted by molar-refractivity contribution is -0.113. The maximum absolute atomic E-state index is 12.0. The second-order valence-electron chi connectivity index (χ2n) is 4.80. The molecule has 0 saturated carbocycles. The van der Waals surface area contributed by atoms with Crippen LogP contribution in [0, 0.1) is 13.8 Å². The van der Waals surface area contributed by atoms with E-state index < -0.39 is 0 Å². The number of rotatable bonds is 5. The maximum Gasteiger partial charge on any atom is 0.277 e. The van der Waals surface area contributed by atoms with Gasteiger partial charge in [-0.3, -0.25) is 4.79 Å². The second-order valence-corrected chi connectivity index (χ2v) is 5.73. The van der Waals surface area contributed by atoms with Crippen LogP contribution in [0.5, 0.6) is 0 Å². The highest BCUT2D eigenvalue weighted by Crippen LogP contribution is 2.21. The van der Waals surface area contributed by atoms with Gasteiger partial charge in [-0.15, -0.1) is 10.2 Å². The second kappa shape index (κ2) is 6.73. The zero-order valence-electron chi connectivity index (χ0n) is 12.2. The van der Waals surface area contributed by atoms with Gasteiger partial charge in [0.15, 0.2) is 0 Å². The van der Waals surface area contributed by atoms with E-state index in [-0.39, 0.29) is 17.7 Å². The van der Waals surface area contributed by atoms with Crippen molar-refractivity contribution in [3.05, 3.63) is 35.2 Å². The van der Waals surface area contributed by atoms with E-state index in [0.717, 1.165) is 16.8 Å². The molecule has 0 saturated heterocycles. The number of nitrogens with one attached hydrogen (secondary N) is 1. The van der Waals surface area contributed by atoms with Crippen molar-refractivity contribution in [1.29, 1.82) is 0 Å². The van der Waals surface area contributed by atoms with Gasteiger partial charge in [0.05, 0.1) is 11.8 Å². The molecule has 0 spiro atoms. The van der Waals surface area contributed by atoms with Crippen molar-refractivity contribution in [1.82, 2.24) is 10.2 Å². The molecule has 6 nitrogen and oxygen atoms in total. The Labute approximate surface area is 127 Å². The molecule has 0 radical (unpaired) electrons. The number of anilines is 1. The molecule has 1 unspecified atom stereocenters. The van der Waals surface area contributed by atoms with E-state index in [0.29, 0.717) is 11.1 Å². The minimum Gasteiger partial charge on any atom is -0.414 e. The minimum absolute atomic E-state index is 0.113. The molecule has 1 atom stereocenters. The number of carbonyl (C=O) groups is 1. The molecule has 1 aromatic heterocycles. The summed E-state index contributed by atoms with van der Waals surface area (Å²) in [7, 11) is 0. The number of nitrogens with zero attached hydrogens (tertiary/aromatic N) is 2. The Bertz CT molecular complexity index is 619. The van der Waals surface area contributed by atoms with Gasteiger partial charge in [-0.2, -0.15) is 0 Å². The highest BCUT2D eigenvalue weighted by atomic mass is 32.2. The molecule has 3 N–H and O–H groups in total. The zero-order valence-corrected chi connectivity index (χ0v) is 13.0. The molecule has 1 amide bonds. The maximum atomic E-state index is 12.0. The van der Waals surface area contributed by atoms with E-state index in [9.17, 15) is 4.79 Å². The van der Waals surface area contributed by atoms with E-state index in [1.807, 2.05) is 32.0 Å². The van der Waals surface area contributed by atoms with Gasteiger partial charge in [-0.05, 0) is 31.9 Å². The number of amides is 1. The van der Waals surface area contributed by atoms with Crippen molar-refractivity contribution in [2.24, 2.45) is 5.73 Å². The number of aryl methyl sites for hydroxylation is 2. The molecule has 112 valence electrons. The smallest absolute Gasteiger partial charge is 0.277 e. The number of benzene rings is 1. The van der Waals surface area contributed by atoms with Crippen LogP contribution in [0.25, 0.3) is 0 Å². The van der Waals surface area contributed by atoms with Crippen LogP contribution >= 0.6 is 11.8 Å². The fourth-order valence-corrected chi connectivity index (χ4v) is 2.35. The molecule has 1 heterocycles. The number of nitrogens with two attached hydrogens (primary N) is 1. The quantitative estimate of drug-likeness (QED) is 0.824. The lowest BCUT2D eigenvalue weighted by Gasteiger charge is -2.10. The van der Waals surface area contributed by atoms with Crippen LogP contribution in [0.15, 0.2) is 27.8 Å². The third-order valence-corrected chi connectivity index (χ3v) is 3.70. The number of para-hydroxylation sites is 1. The van der Waals surface area contributed by atoms with Crippen LogP contribution in [0.2, 0.25) is 0 Å². The van der Waals surface area contributed by atoms with E-state index in [2.05, 4.69) is 15.5 Å². The molecule has 7 heteroatoms. The van der Waals surface area contributed by atoms with E-state index >= 15 is 0 Å². The van der Waals surface area contributed by atoms with Gasteiger partial charge in [-0.25, -0.2) is 0 Å². The summed E-state index contributed by atoms with van der Waals surface area (Å²) in [5.74, 6) is 0.458. The van der Waals surface area contributed by atoms with Crippen molar-refractivity contribution in [2.75, 3.05) is 11.1 Å². The Morgan fingerprint density at radius 2 is 2.05 bits per heavy atom. The number of hydrogen-bond acceptors (Lipinski definition) is 6.